The van der Waals surface area contributed by atoms with E-state index in [0.29, 0.717) is 6.61 Å². The van der Waals surface area contributed by atoms with Gasteiger partial charge in [-0.15, -0.1) is 0 Å². The van der Waals surface area contributed by atoms with Crippen molar-refractivity contribution >= 4 is 10.9 Å². The van der Waals surface area contributed by atoms with E-state index in [1.165, 1.54) is 0 Å². The third kappa shape index (κ3) is 2.57. The third-order valence-corrected chi connectivity index (χ3v) is 3.14. The monoisotopic (exact) mass is 265 g/mol. The minimum absolute atomic E-state index is 0.252. The maximum Gasteiger partial charge on any atom is 0.126 e. The van der Waals surface area contributed by atoms with Crippen LogP contribution in [0.1, 0.15) is 11.3 Å². The van der Waals surface area contributed by atoms with Gasteiger partial charge in [0.1, 0.15) is 18.1 Å². The van der Waals surface area contributed by atoms with E-state index < -0.39 is 0 Å². The van der Waals surface area contributed by atoms with Crippen molar-refractivity contribution < 1.29 is 9.84 Å². The molecule has 0 aliphatic rings. The van der Waals surface area contributed by atoms with E-state index >= 15 is 0 Å². The number of hydrogen-bond donors (Lipinski definition) is 1. The molecule has 0 fully saturated rings. The molecular weight excluding hydrogens is 250 g/mol. The summed E-state index contributed by atoms with van der Waals surface area (Å²) >= 11 is 0. The second-order valence-corrected chi connectivity index (χ2v) is 4.74. The third-order valence-electron chi connectivity index (χ3n) is 3.14. The predicted molar refractivity (Wildman–Crippen MR) is 78.9 cm³/mol. The van der Waals surface area contributed by atoms with E-state index in [1.54, 1.807) is 6.07 Å². The summed E-state index contributed by atoms with van der Waals surface area (Å²) in [6.07, 6.45) is 0. The van der Waals surface area contributed by atoms with Crippen LogP contribution in [0.2, 0.25) is 0 Å². The fourth-order valence-corrected chi connectivity index (χ4v) is 2.15. The number of aryl methyl sites for hydroxylation is 1. The van der Waals surface area contributed by atoms with Gasteiger partial charge in [-0.2, -0.15) is 0 Å². The van der Waals surface area contributed by atoms with Gasteiger partial charge in [-0.05, 0) is 24.6 Å². The molecule has 20 heavy (non-hydrogen) atoms. The SMILES string of the molecule is Cc1cc(O)c2ccc(OCc3ccccc3)cc2n1. The molecule has 3 rings (SSSR count). The summed E-state index contributed by atoms with van der Waals surface area (Å²) in [6, 6.07) is 17.2. The van der Waals surface area contributed by atoms with Crippen LogP contribution in [0.25, 0.3) is 10.9 Å². The van der Waals surface area contributed by atoms with Gasteiger partial charge in [-0.3, -0.25) is 4.98 Å². The van der Waals surface area contributed by atoms with Gasteiger partial charge in [0.2, 0.25) is 0 Å². The number of ether oxygens (including phenoxy) is 1. The molecule has 2 aromatic carbocycles. The molecule has 0 saturated heterocycles. The smallest absolute Gasteiger partial charge is 0.126 e. The Hall–Kier alpha value is -2.55. The zero-order chi connectivity index (χ0) is 13.9. The first-order chi connectivity index (χ1) is 9.72. The van der Waals surface area contributed by atoms with Gasteiger partial charge < -0.3 is 9.84 Å². The van der Waals surface area contributed by atoms with E-state index in [-0.39, 0.29) is 5.75 Å². The summed E-state index contributed by atoms with van der Waals surface area (Å²) in [4.78, 5) is 4.41. The Bertz CT molecular complexity index is 739. The summed E-state index contributed by atoms with van der Waals surface area (Å²) in [5, 5.41) is 10.6. The highest BCUT2D eigenvalue weighted by atomic mass is 16.5. The predicted octanol–water partition coefficient (Wildman–Crippen LogP) is 3.83. The highest BCUT2D eigenvalue weighted by Crippen LogP contribution is 2.27. The Morgan fingerprint density at radius 3 is 2.65 bits per heavy atom. The van der Waals surface area contributed by atoms with E-state index in [1.807, 2.05) is 55.5 Å². The number of rotatable bonds is 3. The van der Waals surface area contributed by atoms with Crippen molar-refractivity contribution in [1.82, 2.24) is 4.98 Å². The maximum atomic E-state index is 9.87. The Balaban J connectivity index is 1.86. The van der Waals surface area contributed by atoms with Crippen molar-refractivity contribution in [3.05, 3.63) is 65.9 Å². The van der Waals surface area contributed by atoms with Crippen molar-refractivity contribution in [1.29, 1.82) is 0 Å². The fraction of sp³-hybridized carbons (Fsp3) is 0.118. The van der Waals surface area contributed by atoms with Crippen LogP contribution >= 0.6 is 0 Å². The Labute approximate surface area is 117 Å². The van der Waals surface area contributed by atoms with E-state index in [4.69, 9.17) is 4.74 Å². The van der Waals surface area contributed by atoms with E-state index in [0.717, 1.165) is 27.9 Å². The topological polar surface area (TPSA) is 42.4 Å². The first kappa shape index (κ1) is 12.5. The van der Waals surface area contributed by atoms with Crippen molar-refractivity contribution in [2.75, 3.05) is 0 Å². The second-order valence-electron chi connectivity index (χ2n) is 4.74. The summed E-state index contributed by atoms with van der Waals surface area (Å²) < 4.78 is 5.76. The highest BCUT2D eigenvalue weighted by Gasteiger charge is 2.04. The van der Waals surface area contributed by atoms with Crippen LogP contribution < -0.4 is 4.74 Å². The van der Waals surface area contributed by atoms with Crippen LogP contribution in [-0.4, -0.2) is 10.1 Å². The van der Waals surface area contributed by atoms with E-state index in [9.17, 15) is 5.11 Å². The molecule has 0 bridgehead atoms. The number of fused-ring (bicyclic) bond motifs is 1. The highest BCUT2D eigenvalue weighted by molar-refractivity contribution is 5.86. The normalized spacial score (nSPS) is 10.7. The lowest BCUT2D eigenvalue weighted by atomic mass is 10.2. The van der Waals surface area contributed by atoms with Gasteiger partial charge >= 0.3 is 0 Å². The second kappa shape index (κ2) is 5.21. The molecule has 3 heteroatoms. The quantitative estimate of drug-likeness (QED) is 0.782. The lowest BCUT2D eigenvalue weighted by Gasteiger charge is -2.08. The zero-order valence-corrected chi connectivity index (χ0v) is 11.2. The first-order valence-electron chi connectivity index (χ1n) is 6.49. The minimum Gasteiger partial charge on any atom is -0.507 e. The molecule has 0 radical (unpaired) electrons. The Kier molecular flexibility index (Phi) is 3.25. The van der Waals surface area contributed by atoms with Crippen molar-refractivity contribution in [3.63, 3.8) is 0 Å². The molecule has 0 unspecified atom stereocenters. The molecule has 0 aliphatic carbocycles. The number of benzene rings is 2. The van der Waals surface area contributed by atoms with Crippen LogP contribution in [0.4, 0.5) is 0 Å². The average molecular weight is 265 g/mol. The summed E-state index contributed by atoms with van der Waals surface area (Å²) in [5.74, 6) is 1.00. The summed E-state index contributed by atoms with van der Waals surface area (Å²) in [5.41, 5.74) is 2.65. The molecule has 3 aromatic rings. The van der Waals surface area contributed by atoms with Crippen LogP contribution in [-0.2, 0) is 6.61 Å². The van der Waals surface area contributed by atoms with Gasteiger partial charge in [0.25, 0.3) is 0 Å². The molecule has 1 aromatic heterocycles. The van der Waals surface area contributed by atoms with Crippen molar-refractivity contribution in [2.24, 2.45) is 0 Å². The Morgan fingerprint density at radius 1 is 1.05 bits per heavy atom. The number of pyridine rings is 1. The van der Waals surface area contributed by atoms with Gasteiger partial charge in [-0.1, -0.05) is 30.3 Å². The van der Waals surface area contributed by atoms with Gasteiger partial charge in [0, 0.05) is 23.2 Å². The lowest BCUT2D eigenvalue weighted by molar-refractivity contribution is 0.306. The minimum atomic E-state index is 0.252. The molecule has 0 spiro atoms. The maximum absolute atomic E-state index is 9.87. The number of nitrogens with zero attached hydrogens (tertiary/aromatic N) is 1. The zero-order valence-electron chi connectivity index (χ0n) is 11.2. The van der Waals surface area contributed by atoms with Gasteiger partial charge in [-0.25, -0.2) is 0 Å². The first-order valence-corrected chi connectivity index (χ1v) is 6.49. The molecular formula is C17H15NO2. The Morgan fingerprint density at radius 2 is 1.85 bits per heavy atom. The molecule has 1 heterocycles. The molecule has 0 aliphatic heterocycles. The lowest BCUT2D eigenvalue weighted by Crippen LogP contribution is -1.95. The molecule has 0 saturated carbocycles. The van der Waals surface area contributed by atoms with Crippen molar-refractivity contribution in [3.8, 4) is 11.5 Å². The largest absolute Gasteiger partial charge is 0.507 e. The molecule has 1 N–H and O–H groups in total. The average Bonchev–Trinajstić information content (AvgIpc) is 2.45. The summed E-state index contributed by atoms with van der Waals surface area (Å²) in [7, 11) is 0. The van der Waals surface area contributed by atoms with Crippen molar-refractivity contribution in [2.45, 2.75) is 13.5 Å². The molecule has 3 nitrogen and oxygen atoms in total. The van der Waals surface area contributed by atoms with Crippen LogP contribution in [0.3, 0.4) is 0 Å². The standard InChI is InChI=1S/C17H15NO2/c1-12-9-17(19)15-8-7-14(10-16(15)18-12)20-11-13-5-3-2-4-6-13/h2-10H,11H2,1H3,(H,18,19). The van der Waals surface area contributed by atoms with Gasteiger partial charge in [0.15, 0.2) is 0 Å². The number of hydrogen-bond acceptors (Lipinski definition) is 3. The number of aromatic hydroxyl groups is 1. The van der Waals surface area contributed by atoms with Crippen LogP contribution in [0.5, 0.6) is 11.5 Å². The van der Waals surface area contributed by atoms with Gasteiger partial charge in [0.05, 0.1) is 5.52 Å². The molecule has 0 atom stereocenters. The fourth-order valence-electron chi connectivity index (χ4n) is 2.15. The van der Waals surface area contributed by atoms with E-state index in [2.05, 4.69) is 4.98 Å². The van der Waals surface area contributed by atoms with Crippen LogP contribution in [0, 0.1) is 6.92 Å². The van der Waals surface area contributed by atoms with Crippen LogP contribution in [0.15, 0.2) is 54.6 Å². The summed E-state index contributed by atoms with van der Waals surface area (Å²) in [6.45, 7) is 2.38. The molecule has 100 valence electrons. The number of aromatic nitrogens is 1. The molecule has 0 amide bonds.